The van der Waals surface area contributed by atoms with E-state index >= 15 is 0 Å². The second-order valence-corrected chi connectivity index (χ2v) is 5.81. The van der Waals surface area contributed by atoms with Crippen molar-refractivity contribution in [1.29, 1.82) is 0 Å². The molecule has 0 radical (unpaired) electrons. The van der Waals surface area contributed by atoms with E-state index in [9.17, 15) is 10.1 Å². The molecule has 3 heterocycles. The van der Waals surface area contributed by atoms with Crippen LogP contribution in [0.1, 0.15) is 10.6 Å². The lowest BCUT2D eigenvalue weighted by Gasteiger charge is -1.93. The summed E-state index contributed by atoms with van der Waals surface area (Å²) in [5.41, 5.74) is 0.909. The second kappa shape index (κ2) is 5.70. The van der Waals surface area contributed by atoms with E-state index in [2.05, 4.69) is 15.3 Å². The summed E-state index contributed by atoms with van der Waals surface area (Å²) < 4.78 is 6.95. The third kappa shape index (κ3) is 2.57. The molecule has 0 amide bonds. The highest BCUT2D eigenvalue weighted by Gasteiger charge is 2.14. The van der Waals surface area contributed by atoms with Gasteiger partial charge in [-0.2, -0.15) is 9.61 Å². The van der Waals surface area contributed by atoms with Gasteiger partial charge in [-0.15, -0.1) is 10.2 Å². The fraction of sp³-hybridized carbons (Fsp3) is 0. The molecule has 118 valence electrons. The van der Waals surface area contributed by atoms with Crippen molar-refractivity contribution in [3.05, 3.63) is 63.3 Å². The van der Waals surface area contributed by atoms with Crippen LogP contribution in [-0.2, 0) is 0 Å². The maximum atomic E-state index is 10.6. The SMILES string of the molecule is O=[N+]([O-])c1ccc(C=Cc2nn3c(-c4ccco4)nnc3s2)cc1. The van der Waals surface area contributed by atoms with Crippen LogP contribution in [0.25, 0.3) is 28.7 Å². The van der Waals surface area contributed by atoms with E-state index in [0.717, 1.165) is 10.6 Å². The van der Waals surface area contributed by atoms with Crippen molar-refractivity contribution >= 4 is 34.1 Å². The van der Waals surface area contributed by atoms with E-state index in [-0.39, 0.29) is 5.69 Å². The van der Waals surface area contributed by atoms with E-state index < -0.39 is 4.92 Å². The monoisotopic (exact) mass is 339 g/mol. The summed E-state index contributed by atoms with van der Waals surface area (Å²) in [6, 6.07) is 9.87. The highest BCUT2D eigenvalue weighted by atomic mass is 32.1. The van der Waals surface area contributed by atoms with Crippen molar-refractivity contribution in [2.75, 3.05) is 0 Å². The molecule has 0 aliphatic heterocycles. The van der Waals surface area contributed by atoms with Crippen molar-refractivity contribution in [3.63, 3.8) is 0 Å². The number of non-ortho nitro benzene ring substituents is 1. The Hall–Kier alpha value is -3.33. The van der Waals surface area contributed by atoms with Crippen molar-refractivity contribution in [1.82, 2.24) is 19.8 Å². The zero-order chi connectivity index (χ0) is 16.5. The standard InChI is InChI=1S/C15H9N5O3S/c21-20(22)11-6-3-10(4-7-11)5-8-13-18-19-14(12-2-1-9-23-12)16-17-15(19)24-13/h1-9H. The lowest BCUT2D eigenvalue weighted by Crippen LogP contribution is -1.89. The average molecular weight is 339 g/mol. The van der Waals surface area contributed by atoms with E-state index in [1.54, 1.807) is 35.0 Å². The first-order chi connectivity index (χ1) is 11.7. The van der Waals surface area contributed by atoms with Gasteiger partial charge in [0, 0.05) is 12.1 Å². The van der Waals surface area contributed by atoms with Gasteiger partial charge in [-0.3, -0.25) is 10.1 Å². The Labute approximate surface area is 138 Å². The molecule has 0 N–H and O–H groups in total. The number of furan rings is 1. The molecule has 0 aliphatic carbocycles. The predicted molar refractivity (Wildman–Crippen MR) is 88.4 cm³/mol. The average Bonchev–Trinajstić information content (AvgIpc) is 3.29. The molecule has 0 saturated carbocycles. The van der Waals surface area contributed by atoms with Crippen molar-refractivity contribution < 1.29 is 9.34 Å². The Morgan fingerprint density at radius 2 is 2.00 bits per heavy atom. The van der Waals surface area contributed by atoms with Crippen molar-refractivity contribution in [2.45, 2.75) is 0 Å². The number of hydrogen-bond acceptors (Lipinski definition) is 7. The topological polar surface area (TPSA) is 99.4 Å². The summed E-state index contributed by atoms with van der Waals surface area (Å²) in [5.74, 6) is 1.14. The van der Waals surface area contributed by atoms with Crippen LogP contribution >= 0.6 is 11.3 Å². The lowest BCUT2D eigenvalue weighted by atomic mass is 10.2. The zero-order valence-electron chi connectivity index (χ0n) is 12.1. The Bertz CT molecular complexity index is 1030. The molecule has 0 fully saturated rings. The molecular formula is C15H9N5O3S. The van der Waals surface area contributed by atoms with Gasteiger partial charge in [0.05, 0.1) is 11.2 Å². The van der Waals surface area contributed by atoms with Crippen LogP contribution in [0, 0.1) is 10.1 Å². The van der Waals surface area contributed by atoms with Crippen LogP contribution in [0.15, 0.2) is 47.1 Å². The summed E-state index contributed by atoms with van der Waals surface area (Å²) in [6.07, 6.45) is 5.23. The van der Waals surface area contributed by atoms with E-state index in [0.29, 0.717) is 16.5 Å². The third-order valence-electron chi connectivity index (χ3n) is 3.27. The van der Waals surface area contributed by atoms with Gasteiger partial charge < -0.3 is 4.42 Å². The van der Waals surface area contributed by atoms with Gasteiger partial charge >= 0.3 is 0 Å². The molecule has 1 aromatic carbocycles. The second-order valence-electron chi connectivity index (χ2n) is 4.82. The Morgan fingerprint density at radius 3 is 2.71 bits per heavy atom. The van der Waals surface area contributed by atoms with Gasteiger partial charge in [-0.1, -0.05) is 17.4 Å². The van der Waals surface area contributed by atoms with Crippen molar-refractivity contribution in [3.8, 4) is 11.6 Å². The van der Waals surface area contributed by atoms with Gasteiger partial charge in [0.1, 0.15) is 5.01 Å². The van der Waals surface area contributed by atoms with Crippen LogP contribution in [0.5, 0.6) is 0 Å². The molecule has 0 bridgehead atoms. The first kappa shape index (κ1) is 14.3. The number of benzene rings is 1. The van der Waals surface area contributed by atoms with Crippen LogP contribution < -0.4 is 0 Å². The highest BCUT2D eigenvalue weighted by molar-refractivity contribution is 7.17. The van der Waals surface area contributed by atoms with Crippen LogP contribution in [0.4, 0.5) is 5.69 Å². The first-order valence-electron chi connectivity index (χ1n) is 6.89. The number of rotatable bonds is 4. The number of nitro groups is 1. The summed E-state index contributed by atoms with van der Waals surface area (Å²) in [5, 5.41) is 24.0. The van der Waals surface area contributed by atoms with Crippen molar-refractivity contribution in [2.24, 2.45) is 0 Å². The molecule has 0 atom stereocenters. The Balaban J connectivity index is 1.61. The van der Waals surface area contributed by atoms with Gasteiger partial charge in [-0.05, 0) is 35.9 Å². The number of aromatic nitrogens is 4. The van der Waals surface area contributed by atoms with E-state index in [1.165, 1.54) is 23.5 Å². The molecule has 0 spiro atoms. The summed E-state index contributed by atoms with van der Waals surface area (Å²) >= 11 is 1.38. The van der Waals surface area contributed by atoms with Gasteiger partial charge in [0.15, 0.2) is 5.76 Å². The van der Waals surface area contributed by atoms with Crippen LogP contribution in [-0.4, -0.2) is 24.7 Å². The van der Waals surface area contributed by atoms with E-state index in [4.69, 9.17) is 4.42 Å². The molecule has 3 aromatic heterocycles. The predicted octanol–water partition coefficient (Wildman–Crippen LogP) is 3.52. The van der Waals surface area contributed by atoms with Gasteiger partial charge in [0.25, 0.3) is 5.69 Å². The minimum Gasteiger partial charge on any atom is -0.461 e. The number of nitro benzene ring substituents is 1. The Kier molecular flexibility index (Phi) is 3.39. The fourth-order valence-electron chi connectivity index (χ4n) is 2.13. The minimum atomic E-state index is -0.424. The van der Waals surface area contributed by atoms with E-state index in [1.807, 2.05) is 12.2 Å². The van der Waals surface area contributed by atoms with Gasteiger partial charge in [-0.25, -0.2) is 0 Å². The molecular weight excluding hydrogens is 330 g/mol. The molecule has 4 aromatic rings. The molecule has 8 nitrogen and oxygen atoms in total. The quantitative estimate of drug-likeness (QED) is 0.416. The molecule has 9 heteroatoms. The highest BCUT2D eigenvalue weighted by Crippen LogP contribution is 2.23. The summed E-state index contributed by atoms with van der Waals surface area (Å²) in [4.78, 5) is 10.9. The normalized spacial score (nSPS) is 11.5. The molecule has 4 rings (SSSR count). The summed E-state index contributed by atoms with van der Waals surface area (Å²) in [6.45, 7) is 0. The molecule has 0 aliphatic rings. The number of fused-ring (bicyclic) bond motifs is 1. The maximum absolute atomic E-state index is 10.6. The van der Waals surface area contributed by atoms with Crippen LogP contribution in [0.2, 0.25) is 0 Å². The van der Waals surface area contributed by atoms with Gasteiger partial charge in [0.2, 0.25) is 10.8 Å². The zero-order valence-corrected chi connectivity index (χ0v) is 12.9. The van der Waals surface area contributed by atoms with Crippen LogP contribution in [0.3, 0.4) is 0 Å². The molecule has 24 heavy (non-hydrogen) atoms. The minimum absolute atomic E-state index is 0.0639. The lowest BCUT2D eigenvalue weighted by molar-refractivity contribution is -0.384. The fourth-order valence-corrected chi connectivity index (χ4v) is 2.87. The summed E-state index contributed by atoms with van der Waals surface area (Å²) in [7, 11) is 0. The molecule has 0 saturated heterocycles. The number of nitrogens with zero attached hydrogens (tertiary/aromatic N) is 5. The molecule has 0 unspecified atom stereocenters. The smallest absolute Gasteiger partial charge is 0.269 e. The Morgan fingerprint density at radius 1 is 1.17 bits per heavy atom. The first-order valence-corrected chi connectivity index (χ1v) is 7.71. The third-order valence-corrected chi connectivity index (χ3v) is 4.13. The maximum Gasteiger partial charge on any atom is 0.269 e. The largest absolute Gasteiger partial charge is 0.461 e. The number of hydrogen-bond donors (Lipinski definition) is 0.